The number of unbranched alkanes of at least 4 members (excludes halogenated alkanes) is 1. The van der Waals surface area contributed by atoms with E-state index in [0.29, 0.717) is 11.3 Å². The van der Waals surface area contributed by atoms with E-state index in [4.69, 9.17) is 25.5 Å². The number of thioether (sulfide) groups is 1. The molecule has 2 atom stereocenters. The molecule has 1 aromatic rings. The summed E-state index contributed by atoms with van der Waals surface area (Å²) in [5.41, 5.74) is 8.73. The first-order valence-electron chi connectivity index (χ1n) is 11.8. The van der Waals surface area contributed by atoms with Gasteiger partial charge in [0, 0.05) is 24.6 Å². The number of nitrogens with two attached hydrogens (primary N) is 1. The number of nitrogens with one attached hydrogen (secondary N) is 2. The molecule has 0 saturated heterocycles. The predicted molar refractivity (Wildman–Crippen MR) is 138 cm³/mol. The minimum Gasteiger partial charge on any atom is -0.480 e. The smallest absolute Gasteiger partial charge is 0.413 e. The molecule has 0 aromatic heterocycles. The second-order valence-electron chi connectivity index (χ2n) is 8.01. The fourth-order valence-corrected chi connectivity index (χ4v) is 3.50. The zero-order valence-corrected chi connectivity index (χ0v) is 22.1. The van der Waals surface area contributed by atoms with Gasteiger partial charge in [-0.25, -0.2) is 14.5 Å². The van der Waals surface area contributed by atoms with E-state index in [1.54, 1.807) is 0 Å². The molecule has 0 aliphatic carbocycles. The number of imide groups is 1. The molecule has 0 fully saturated rings. The number of nitrogens with zero attached hydrogens (tertiary/aromatic N) is 1. The van der Waals surface area contributed by atoms with Crippen LogP contribution >= 0.6 is 11.8 Å². The number of amides is 3. The highest BCUT2D eigenvalue weighted by Crippen LogP contribution is 2.12. The second-order valence-corrected chi connectivity index (χ2v) is 8.92. The average Bonchev–Trinajstić information content (AvgIpc) is 2.89. The molecule has 6 N–H and O–H groups in total. The Bertz CT molecular complexity index is 975. The quantitative estimate of drug-likeness (QED) is 0.0805. The molecule has 3 amide bonds. The molecule has 0 aliphatic rings. The number of ether oxygens (including phenoxy) is 1. The van der Waals surface area contributed by atoms with Gasteiger partial charge in [0.15, 0.2) is 5.70 Å². The van der Waals surface area contributed by atoms with Gasteiger partial charge in [-0.15, -0.1) is 11.8 Å². The molecule has 0 radical (unpaired) electrons. The number of likely N-dealkylation sites (N-methyl/N-ethyl adjacent to an activating group) is 1. The van der Waals surface area contributed by atoms with Crippen LogP contribution in [0.4, 0.5) is 4.79 Å². The molecule has 14 heteroatoms. The van der Waals surface area contributed by atoms with Crippen molar-refractivity contribution in [3.8, 4) is 0 Å². The Kier molecular flexibility index (Phi) is 15.2. The predicted octanol–water partition coefficient (Wildman–Crippen LogP) is 1.44. The van der Waals surface area contributed by atoms with Crippen LogP contribution in [0.1, 0.15) is 38.2 Å². The molecule has 0 heterocycles. The number of carboxylic acid groups (broad SMARTS) is 2. The SMILES string of the molecule is CCCCOC(=O)C(=CSCC(NC(=O)CCC(N)C(=O)O)C(=O)N(C)C(=O)O)NOCc1ccccc1. The van der Waals surface area contributed by atoms with Crippen molar-refractivity contribution in [3.63, 3.8) is 0 Å². The Morgan fingerprint density at radius 3 is 2.45 bits per heavy atom. The Balaban J connectivity index is 2.91. The number of hydrogen-bond donors (Lipinski definition) is 5. The molecule has 0 saturated carbocycles. The van der Waals surface area contributed by atoms with E-state index in [9.17, 15) is 24.0 Å². The molecule has 210 valence electrons. The monoisotopic (exact) mass is 554 g/mol. The number of aliphatic carboxylic acids is 1. The Morgan fingerprint density at radius 2 is 1.84 bits per heavy atom. The van der Waals surface area contributed by atoms with E-state index in [2.05, 4.69) is 10.8 Å². The van der Waals surface area contributed by atoms with Crippen LogP contribution in [0, 0.1) is 0 Å². The first-order chi connectivity index (χ1) is 18.1. The van der Waals surface area contributed by atoms with E-state index < -0.39 is 41.9 Å². The first-order valence-corrected chi connectivity index (χ1v) is 12.8. The summed E-state index contributed by atoms with van der Waals surface area (Å²) in [4.78, 5) is 65.4. The van der Waals surface area contributed by atoms with Gasteiger partial charge in [-0.1, -0.05) is 43.7 Å². The molecule has 1 aromatic carbocycles. The van der Waals surface area contributed by atoms with E-state index in [0.717, 1.165) is 30.8 Å². The van der Waals surface area contributed by atoms with Gasteiger partial charge in [0.05, 0.1) is 13.2 Å². The molecular weight excluding hydrogens is 520 g/mol. The lowest BCUT2D eigenvalue weighted by Gasteiger charge is -2.21. The van der Waals surface area contributed by atoms with Crippen molar-refractivity contribution >= 4 is 41.6 Å². The van der Waals surface area contributed by atoms with Crippen LogP contribution in [0.25, 0.3) is 0 Å². The number of rotatable bonds is 17. The van der Waals surface area contributed by atoms with Gasteiger partial charge in [0.1, 0.15) is 12.1 Å². The largest absolute Gasteiger partial charge is 0.480 e. The molecule has 2 unspecified atom stereocenters. The number of carbonyl (C=O) groups is 5. The van der Waals surface area contributed by atoms with Crippen molar-refractivity contribution in [3.05, 3.63) is 47.0 Å². The van der Waals surface area contributed by atoms with Crippen LogP contribution in [0.2, 0.25) is 0 Å². The maximum absolute atomic E-state index is 12.6. The highest BCUT2D eigenvalue weighted by atomic mass is 32.2. The van der Waals surface area contributed by atoms with Gasteiger partial charge < -0.3 is 26.0 Å². The Hall–Kier alpha value is -3.62. The number of esters is 1. The highest BCUT2D eigenvalue weighted by molar-refractivity contribution is 8.02. The van der Waals surface area contributed by atoms with E-state index in [-0.39, 0.29) is 37.5 Å². The summed E-state index contributed by atoms with van der Waals surface area (Å²) in [6.45, 7) is 2.28. The highest BCUT2D eigenvalue weighted by Gasteiger charge is 2.28. The third kappa shape index (κ3) is 12.6. The van der Waals surface area contributed by atoms with Gasteiger partial charge in [0.25, 0.3) is 5.91 Å². The lowest BCUT2D eigenvalue weighted by atomic mass is 10.1. The van der Waals surface area contributed by atoms with E-state index in [1.807, 2.05) is 37.3 Å². The van der Waals surface area contributed by atoms with E-state index in [1.165, 1.54) is 5.41 Å². The fourth-order valence-electron chi connectivity index (χ4n) is 2.68. The van der Waals surface area contributed by atoms with Gasteiger partial charge in [-0.05, 0) is 18.4 Å². The topological polar surface area (TPSA) is 198 Å². The van der Waals surface area contributed by atoms with Gasteiger partial charge >= 0.3 is 18.0 Å². The summed E-state index contributed by atoms with van der Waals surface area (Å²) in [5, 5.41) is 21.8. The van der Waals surface area contributed by atoms with Crippen molar-refractivity contribution in [2.24, 2.45) is 5.73 Å². The van der Waals surface area contributed by atoms with Crippen molar-refractivity contribution < 1.29 is 43.8 Å². The number of carboxylic acids is 1. The summed E-state index contributed by atoms with van der Waals surface area (Å²) in [6.07, 6.45) is -0.526. The number of hydrogen-bond acceptors (Lipinski definition) is 10. The normalized spacial score (nSPS) is 12.7. The average molecular weight is 555 g/mol. The molecular formula is C24H34N4O9S. The maximum atomic E-state index is 12.6. The van der Waals surface area contributed by atoms with Crippen LogP contribution in [0.15, 0.2) is 41.4 Å². The van der Waals surface area contributed by atoms with Gasteiger partial charge in [-0.2, -0.15) is 0 Å². The van der Waals surface area contributed by atoms with Crippen molar-refractivity contribution in [1.82, 2.24) is 15.7 Å². The molecule has 38 heavy (non-hydrogen) atoms. The Labute approximate surface area is 224 Å². The third-order valence-electron chi connectivity index (χ3n) is 4.93. The first kappa shape index (κ1) is 32.4. The van der Waals surface area contributed by atoms with Crippen LogP contribution in [0.3, 0.4) is 0 Å². The summed E-state index contributed by atoms with van der Waals surface area (Å²) in [7, 11) is 1.03. The van der Waals surface area contributed by atoms with E-state index >= 15 is 0 Å². The van der Waals surface area contributed by atoms with Crippen molar-refractivity contribution in [2.75, 3.05) is 19.4 Å². The molecule has 13 nitrogen and oxygen atoms in total. The third-order valence-corrected chi connectivity index (χ3v) is 5.86. The van der Waals surface area contributed by atoms with Gasteiger partial charge in [0.2, 0.25) is 5.91 Å². The zero-order valence-electron chi connectivity index (χ0n) is 21.3. The second kappa shape index (κ2) is 17.8. The lowest BCUT2D eigenvalue weighted by molar-refractivity contribution is -0.141. The minimum absolute atomic E-state index is 0.0569. The number of benzene rings is 1. The fraction of sp³-hybridized carbons (Fsp3) is 0.458. The molecule has 0 spiro atoms. The lowest BCUT2D eigenvalue weighted by Crippen LogP contribution is -2.50. The molecule has 1 rings (SSSR count). The number of carbonyl (C=O) groups excluding carboxylic acids is 3. The van der Waals surface area contributed by atoms with Gasteiger partial charge in [-0.3, -0.25) is 24.7 Å². The standard InChI is InChI=1S/C24H34N4O9S/c1-3-4-12-36-23(33)19(27-37-13-16-8-6-5-7-9-16)15-38-14-18(21(30)28(2)24(34)35)26-20(29)11-10-17(25)22(31)32/h5-9,15,17-18,27H,3-4,10-14,25H2,1-2H3,(H,26,29)(H,31,32)(H,34,35). The van der Waals surface area contributed by atoms with Crippen molar-refractivity contribution in [2.45, 2.75) is 51.3 Å². The van der Waals surface area contributed by atoms with Crippen LogP contribution in [0.5, 0.6) is 0 Å². The summed E-state index contributed by atoms with van der Waals surface area (Å²) >= 11 is 0.933. The summed E-state index contributed by atoms with van der Waals surface area (Å²) in [5.74, 6) is -3.74. The summed E-state index contributed by atoms with van der Waals surface area (Å²) in [6, 6.07) is 6.62. The molecule has 0 bridgehead atoms. The zero-order chi connectivity index (χ0) is 28.5. The summed E-state index contributed by atoms with van der Waals surface area (Å²) < 4.78 is 5.21. The Morgan fingerprint density at radius 1 is 1.16 bits per heavy atom. The minimum atomic E-state index is -1.53. The van der Waals surface area contributed by atoms with Crippen molar-refractivity contribution in [1.29, 1.82) is 0 Å². The maximum Gasteiger partial charge on any atom is 0.413 e. The number of hydroxylamine groups is 1. The van der Waals surface area contributed by atoms with Crippen LogP contribution in [-0.2, 0) is 35.4 Å². The molecule has 0 aliphatic heterocycles. The van der Waals surface area contributed by atoms with Crippen LogP contribution < -0.4 is 16.5 Å². The van der Waals surface area contributed by atoms with Crippen LogP contribution in [-0.4, -0.2) is 76.5 Å².